The van der Waals surface area contributed by atoms with Gasteiger partial charge in [-0.3, -0.25) is 4.79 Å². The molecule has 0 saturated carbocycles. The minimum absolute atomic E-state index is 0.214. The first-order valence-corrected chi connectivity index (χ1v) is 6.57. The van der Waals surface area contributed by atoms with E-state index in [2.05, 4.69) is 21.2 Å². The average Bonchev–Trinajstić information content (AvgIpc) is 2.37. The molecule has 0 radical (unpaired) electrons. The van der Waals surface area contributed by atoms with Crippen LogP contribution in [0, 0.1) is 24.1 Å². The van der Waals surface area contributed by atoms with Crippen LogP contribution in [0.1, 0.15) is 21.5 Å². The molecule has 2 aromatic carbocycles. The summed E-state index contributed by atoms with van der Waals surface area (Å²) in [6.07, 6.45) is 0. The Kier molecular flexibility index (Phi) is 4.16. The Bertz CT molecular complexity index is 702. The Morgan fingerprint density at radius 1 is 1.30 bits per heavy atom. The molecule has 2 aromatic rings. The van der Waals surface area contributed by atoms with Crippen LogP contribution in [0.15, 0.2) is 40.9 Å². The number of hydrogen-bond acceptors (Lipinski definition) is 2. The Hall–Kier alpha value is -2.19. The summed E-state index contributed by atoms with van der Waals surface area (Å²) >= 11 is 3.27. The van der Waals surface area contributed by atoms with Crippen molar-refractivity contribution in [1.82, 2.24) is 0 Å². The topological polar surface area (TPSA) is 52.9 Å². The molecule has 0 aliphatic rings. The van der Waals surface area contributed by atoms with Crippen LogP contribution in [0.5, 0.6) is 0 Å². The van der Waals surface area contributed by atoms with Crippen LogP contribution in [0.4, 0.5) is 10.1 Å². The molecule has 100 valence electrons. The van der Waals surface area contributed by atoms with Crippen LogP contribution in [0.25, 0.3) is 0 Å². The summed E-state index contributed by atoms with van der Waals surface area (Å²) in [6.45, 7) is 1.71. The maximum Gasteiger partial charge on any atom is 0.255 e. The molecule has 3 nitrogen and oxygen atoms in total. The Labute approximate surface area is 124 Å². The summed E-state index contributed by atoms with van der Waals surface area (Å²) in [6, 6.07) is 11.0. The summed E-state index contributed by atoms with van der Waals surface area (Å²) in [5, 5.41) is 11.6. The van der Waals surface area contributed by atoms with Crippen LogP contribution in [0.3, 0.4) is 0 Å². The summed E-state index contributed by atoms with van der Waals surface area (Å²) in [5.74, 6) is -0.924. The third kappa shape index (κ3) is 3.22. The number of carbonyl (C=O) groups excluding carboxylic acids is 1. The lowest BCUT2D eigenvalue weighted by Gasteiger charge is -2.08. The lowest BCUT2D eigenvalue weighted by atomic mass is 10.1. The SMILES string of the molecule is Cc1cc(F)cc(C(=O)Nc2cc(Br)ccc2C#N)c1. The first kappa shape index (κ1) is 14.2. The number of halogens is 2. The first-order chi connectivity index (χ1) is 9.49. The van der Waals surface area contributed by atoms with E-state index in [4.69, 9.17) is 5.26 Å². The normalized spacial score (nSPS) is 9.90. The molecule has 20 heavy (non-hydrogen) atoms. The zero-order valence-electron chi connectivity index (χ0n) is 10.6. The van der Waals surface area contributed by atoms with E-state index in [0.717, 1.165) is 10.5 Å². The highest BCUT2D eigenvalue weighted by Gasteiger charge is 2.11. The van der Waals surface area contributed by atoms with E-state index in [1.165, 1.54) is 6.07 Å². The molecule has 0 heterocycles. The van der Waals surface area contributed by atoms with Crippen molar-refractivity contribution in [3.05, 3.63) is 63.4 Å². The molecule has 0 unspecified atom stereocenters. The number of nitrogens with zero attached hydrogens (tertiary/aromatic N) is 1. The van der Waals surface area contributed by atoms with Crippen molar-refractivity contribution >= 4 is 27.5 Å². The second-order valence-corrected chi connectivity index (χ2v) is 5.19. The fourth-order valence-corrected chi connectivity index (χ4v) is 2.14. The summed E-state index contributed by atoms with van der Waals surface area (Å²) < 4.78 is 14.0. The van der Waals surface area contributed by atoms with Gasteiger partial charge in [-0.25, -0.2) is 4.39 Å². The molecule has 0 aromatic heterocycles. The van der Waals surface area contributed by atoms with Crippen molar-refractivity contribution < 1.29 is 9.18 Å². The second-order valence-electron chi connectivity index (χ2n) is 4.27. The minimum atomic E-state index is -0.468. The molecular weight excluding hydrogens is 323 g/mol. The zero-order chi connectivity index (χ0) is 14.7. The van der Waals surface area contributed by atoms with Gasteiger partial charge in [0.1, 0.15) is 11.9 Å². The number of amides is 1. The van der Waals surface area contributed by atoms with Gasteiger partial charge in [0, 0.05) is 10.0 Å². The molecule has 0 saturated heterocycles. The number of benzene rings is 2. The van der Waals surface area contributed by atoms with Gasteiger partial charge in [0.25, 0.3) is 5.91 Å². The Morgan fingerprint density at radius 3 is 2.70 bits per heavy atom. The fourth-order valence-electron chi connectivity index (χ4n) is 1.78. The molecule has 0 atom stereocenters. The lowest BCUT2D eigenvalue weighted by molar-refractivity contribution is 0.102. The highest BCUT2D eigenvalue weighted by atomic mass is 79.9. The predicted molar refractivity (Wildman–Crippen MR) is 77.9 cm³/mol. The molecule has 0 spiro atoms. The number of hydrogen-bond donors (Lipinski definition) is 1. The van der Waals surface area contributed by atoms with E-state index in [1.54, 1.807) is 31.2 Å². The van der Waals surface area contributed by atoms with E-state index in [9.17, 15) is 9.18 Å². The van der Waals surface area contributed by atoms with Crippen molar-refractivity contribution in [1.29, 1.82) is 5.26 Å². The van der Waals surface area contributed by atoms with Crippen LogP contribution < -0.4 is 5.32 Å². The molecule has 0 aliphatic carbocycles. The predicted octanol–water partition coefficient (Wildman–Crippen LogP) is 4.02. The Balaban J connectivity index is 2.32. The number of carbonyl (C=O) groups is 1. The lowest BCUT2D eigenvalue weighted by Crippen LogP contribution is -2.13. The monoisotopic (exact) mass is 332 g/mol. The summed E-state index contributed by atoms with van der Waals surface area (Å²) in [4.78, 5) is 12.1. The van der Waals surface area contributed by atoms with Gasteiger partial charge in [0.05, 0.1) is 11.3 Å². The van der Waals surface area contributed by atoms with Crippen molar-refractivity contribution in [2.75, 3.05) is 5.32 Å². The number of nitrogens with one attached hydrogen (secondary N) is 1. The van der Waals surface area contributed by atoms with Crippen LogP contribution in [0.2, 0.25) is 0 Å². The smallest absolute Gasteiger partial charge is 0.255 e. The van der Waals surface area contributed by atoms with E-state index in [1.807, 2.05) is 6.07 Å². The molecule has 0 aliphatic heterocycles. The molecule has 1 N–H and O–H groups in total. The van der Waals surface area contributed by atoms with Gasteiger partial charge in [-0.1, -0.05) is 15.9 Å². The maximum atomic E-state index is 13.3. The standard InChI is InChI=1S/C15H10BrFN2O/c1-9-4-11(6-13(17)5-9)15(20)19-14-7-12(16)3-2-10(14)8-18/h2-7H,1H3,(H,19,20). The molecule has 2 rings (SSSR count). The molecular formula is C15H10BrFN2O. The number of anilines is 1. The fraction of sp³-hybridized carbons (Fsp3) is 0.0667. The van der Waals surface area contributed by atoms with Gasteiger partial charge in [-0.2, -0.15) is 5.26 Å². The van der Waals surface area contributed by atoms with E-state index < -0.39 is 11.7 Å². The van der Waals surface area contributed by atoms with Gasteiger partial charge in [0.15, 0.2) is 0 Å². The summed E-state index contributed by atoms with van der Waals surface area (Å²) in [5.41, 5.74) is 1.60. The quantitative estimate of drug-likeness (QED) is 0.902. The van der Waals surface area contributed by atoms with Gasteiger partial charge >= 0.3 is 0 Å². The second kappa shape index (κ2) is 5.85. The van der Waals surface area contributed by atoms with Gasteiger partial charge in [-0.05, 0) is 48.9 Å². The van der Waals surface area contributed by atoms with Crippen molar-refractivity contribution in [2.24, 2.45) is 0 Å². The number of rotatable bonds is 2. The van der Waals surface area contributed by atoms with Crippen LogP contribution in [-0.2, 0) is 0 Å². The van der Waals surface area contributed by atoms with E-state index >= 15 is 0 Å². The Morgan fingerprint density at radius 2 is 2.05 bits per heavy atom. The van der Waals surface area contributed by atoms with Crippen molar-refractivity contribution in [2.45, 2.75) is 6.92 Å². The molecule has 1 amide bonds. The van der Waals surface area contributed by atoms with Crippen molar-refractivity contribution in [3.8, 4) is 6.07 Å². The molecule has 0 bridgehead atoms. The highest BCUT2D eigenvalue weighted by molar-refractivity contribution is 9.10. The summed E-state index contributed by atoms with van der Waals surface area (Å²) in [7, 11) is 0. The van der Waals surface area contributed by atoms with Gasteiger partial charge < -0.3 is 5.32 Å². The third-order valence-corrected chi connectivity index (χ3v) is 3.15. The molecule has 5 heteroatoms. The largest absolute Gasteiger partial charge is 0.321 e. The highest BCUT2D eigenvalue weighted by Crippen LogP contribution is 2.21. The number of nitriles is 1. The van der Waals surface area contributed by atoms with Gasteiger partial charge in [-0.15, -0.1) is 0 Å². The zero-order valence-corrected chi connectivity index (χ0v) is 12.2. The number of aryl methyl sites for hydroxylation is 1. The minimum Gasteiger partial charge on any atom is -0.321 e. The third-order valence-electron chi connectivity index (χ3n) is 2.65. The molecule has 0 fully saturated rings. The maximum absolute atomic E-state index is 13.3. The first-order valence-electron chi connectivity index (χ1n) is 5.78. The van der Waals surface area contributed by atoms with Gasteiger partial charge in [0.2, 0.25) is 0 Å². The average molecular weight is 333 g/mol. The van der Waals surface area contributed by atoms with Crippen LogP contribution >= 0.6 is 15.9 Å². The van der Waals surface area contributed by atoms with Crippen LogP contribution in [-0.4, -0.2) is 5.91 Å². The van der Waals surface area contributed by atoms with Crippen molar-refractivity contribution in [3.63, 3.8) is 0 Å². The van der Waals surface area contributed by atoms with E-state index in [0.29, 0.717) is 16.8 Å². The van der Waals surface area contributed by atoms with E-state index in [-0.39, 0.29) is 5.56 Å².